The number of hydrogen-bond acceptors (Lipinski definition) is 3. The molecule has 0 saturated carbocycles. The first-order chi connectivity index (χ1) is 7.56. The number of thiophene rings is 1. The van der Waals surface area contributed by atoms with Crippen LogP contribution in [0, 0.1) is 0 Å². The molecule has 0 aliphatic carbocycles. The third-order valence-corrected chi connectivity index (χ3v) is 3.67. The third kappa shape index (κ3) is 3.18. The lowest BCUT2D eigenvalue weighted by Crippen LogP contribution is -2.40. The summed E-state index contributed by atoms with van der Waals surface area (Å²) in [6, 6.07) is 0.807. The molecule has 1 amide bonds. The van der Waals surface area contributed by atoms with Crippen molar-refractivity contribution in [3.05, 3.63) is 33.5 Å². The molecule has 0 saturated heterocycles. The standard InChI is InChI=1S/C10H10BrNO3S/c1-2-3-7(10(14)15)12-9(13)8-6(11)4-5-16-8/h2,4-5,7H,1,3H2,(H,12,13)(H,14,15). The largest absolute Gasteiger partial charge is 0.480 e. The number of rotatable bonds is 5. The topological polar surface area (TPSA) is 66.4 Å². The van der Waals surface area contributed by atoms with Crippen LogP contribution < -0.4 is 5.32 Å². The van der Waals surface area contributed by atoms with E-state index in [2.05, 4.69) is 27.8 Å². The minimum Gasteiger partial charge on any atom is -0.480 e. The lowest BCUT2D eigenvalue weighted by Gasteiger charge is -2.11. The zero-order chi connectivity index (χ0) is 12.1. The molecule has 0 aliphatic rings. The summed E-state index contributed by atoms with van der Waals surface area (Å²) >= 11 is 4.47. The van der Waals surface area contributed by atoms with Crippen molar-refractivity contribution in [2.45, 2.75) is 12.5 Å². The highest BCUT2D eigenvalue weighted by Crippen LogP contribution is 2.22. The van der Waals surface area contributed by atoms with Gasteiger partial charge in [0, 0.05) is 4.47 Å². The lowest BCUT2D eigenvalue weighted by molar-refractivity contribution is -0.139. The molecule has 0 spiro atoms. The molecule has 86 valence electrons. The van der Waals surface area contributed by atoms with Gasteiger partial charge in [0.1, 0.15) is 10.9 Å². The number of halogens is 1. The molecule has 6 heteroatoms. The predicted octanol–water partition coefficient (Wildman–Crippen LogP) is 2.27. The number of carbonyl (C=O) groups excluding carboxylic acids is 1. The van der Waals surface area contributed by atoms with E-state index in [1.807, 2.05) is 0 Å². The van der Waals surface area contributed by atoms with E-state index in [1.165, 1.54) is 17.4 Å². The van der Waals surface area contributed by atoms with Gasteiger partial charge >= 0.3 is 5.97 Å². The van der Waals surface area contributed by atoms with Gasteiger partial charge in [0.25, 0.3) is 5.91 Å². The van der Waals surface area contributed by atoms with Crippen LogP contribution in [0.3, 0.4) is 0 Å². The number of aliphatic carboxylic acids is 1. The normalized spacial score (nSPS) is 11.8. The molecular weight excluding hydrogens is 294 g/mol. The van der Waals surface area contributed by atoms with Crippen molar-refractivity contribution in [1.82, 2.24) is 5.32 Å². The van der Waals surface area contributed by atoms with E-state index in [9.17, 15) is 9.59 Å². The van der Waals surface area contributed by atoms with Gasteiger partial charge in [-0.25, -0.2) is 4.79 Å². The Kier molecular flexibility index (Phi) is 4.70. The van der Waals surface area contributed by atoms with Gasteiger partial charge in [0.05, 0.1) is 0 Å². The number of carboxylic acid groups (broad SMARTS) is 1. The van der Waals surface area contributed by atoms with Crippen molar-refractivity contribution in [2.24, 2.45) is 0 Å². The van der Waals surface area contributed by atoms with Gasteiger partial charge in [0.2, 0.25) is 0 Å². The van der Waals surface area contributed by atoms with Crippen LogP contribution in [0.25, 0.3) is 0 Å². The second-order valence-electron chi connectivity index (χ2n) is 2.99. The van der Waals surface area contributed by atoms with Gasteiger partial charge < -0.3 is 10.4 Å². The van der Waals surface area contributed by atoms with E-state index in [4.69, 9.17) is 5.11 Å². The van der Waals surface area contributed by atoms with Crippen LogP contribution in [0.5, 0.6) is 0 Å². The van der Waals surface area contributed by atoms with Crippen LogP contribution >= 0.6 is 27.3 Å². The Morgan fingerprint density at radius 3 is 2.81 bits per heavy atom. The fraction of sp³-hybridized carbons (Fsp3) is 0.200. The van der Waals surface area contributed by atoms with Gasteiger partial charge in [0.15, 0.2) is 0 Å². The smallest absolute Gasteiger partial charge is 0.326 e. The summed E-state index contributed by atoms with van der Waals surface area (Å²) in [7, 11) is 0. The van der Waals surface area contributed by atoms with E-state index >= 15 is 0 Å². The minimum absolute atomic E-state index is 0.198. The van der Waals surface area contributed by atoms with Crippen molar-refractivity contribution >= 4 is 39.1 Å². The number of amides is 1. The van der Waals surface area contributed by atoms with Gasteiger partial charge in [-0.15, -0.1) is 17.9 Å². The minimum atomic E-state index is -1.07. The summed E-state index contributed by atoms with van der Waals surface area (Å²) < 4.78 is 0.665. The second-order valence-corrected chi connectivity index (χ2v) is 4.76. The van der Waals surface area contributed by atoms with Crippen molar-refractivity contribution in [3.63, 3.8) is 0 Å². The number of carboxylic acids is 1. The van der Waals surface area contributed by atoms with Crippen LogP contribution in [0.2, 0.25) is 0 Å². The summed E-state index contributed by atoms with van der Waals surface area (Å²) in [6.07, 6.45) is 1.66. The van der Waals surface area contributed by atoms with Crippen LogP contribution in [0.1, 0.15) is 16.1 Å². The predicted molar refractivity (Wildman–Crippen MR) is 65.7 cm³/mol. The Labute approximate surface area is 105 Å². The Morgan fingerprint density at radius 1 is 1.69 bits per heavy atom. The van der Waals surface area contributed by atoms with Crippen LogP contribution in [0.4, 0.5) is 0 Å². The van der Waals surface area contributed by atoms with Crippen LogP contribution in [-0.2, 0) is 4.79 Å². The molecule has 0 aromatic carbocycles. The molecule has 4 nitrogen and oxygen atoms in total. The fourth-order valence-electron chi connectivity index (χ4n) is 1.07. The molecule has 0 radical (unpaired) electrons. The molecule has 1 aromatic heterocycles. The first-order valence-corrected chi connectivity index (χ1v) is 6.11. The second kappa shape index (κ2) is 5.81. The average Bonchev–Trinajstić information content (AvgIpc) is 2.63. The van der Waals surface area contributed by atoms with Gasteiger partial charge in [-0.3, -0.25) is 4.79 Å². The molecule has 16 heavy (non-hydrogen) atoms. The third-order valence-electron chi connectivity index (χ3n) is 1.83. The lowest BCUT2D eigenvalue weighted by atomic mass is 10.2. The van der Waals surface area contributed by atoms with E-state index < -0.39 is 17.9 Å². The van der Waals surface area contributed by atoms with E-state index in [-0.39, 0.29) is 6.42 Å². The summed E-state index contributed by atoms with van der Waals surface area (Å²) in [4.78, 5) is 23.0. The highest BCUT2D eigenvalue weighted by atomic mass is 79.9. The molecule has 0 fully saturated rings. The number of nitrogens with one attached hydrogen (secondary N) is 1. The van der Waals surface area contributed by atoms with Crippen molar-refractivity contribution in [1.29, 1.82) is 0 Å². The van der Waals surface area contributed by atoms with E-state index in [0.29, 0.717) is 9.35 Å². The maximum Gasteiger partial charge on any atom is 0.326 e. The fourth-order valence-corrected chi connectivity index (χ4v) is 2.52. The Balaban J connectivity index is 2.72. The van der Waals surface area contributed by atoms with E-state index in [0.717, 1.165) is 0 Å². The molecule has 1 unspecified atom stereocenters. The monoisotopic (exact) mass is 303 g/mol. The zero-order valence-corrected chi connectivity index (χ0v) is 10.7. The van der Waals surface area contributed by atoms with E-state index in [1.54, 1.807) is 11.4 Å². The van der Waals surface area contributed by atoms with Crippen LogP contribution in [0.15, 0.2) is 28.6 Å². The molecule has 2 N–H and O–H groups in total. The summed E-state index contributed by atoms with van der Waals surface area (Å²) in [5, 5.41) is 13.0. The highest BCUT2D eigenvalue weighted by Gasteiger charge is 2.20. The van der Waals surface area contributed by atoms with Gasteiger partial charge in [-0.1, -0.05) is 6.08 Å². The first-order valence-electron chi connectivity index (χ1n) is 4.43. The average molecular weight is 304 g/mol. The van der Waals surface area contributed by atoms with Crippen molar-refractivity contribution < 1.29 is 14.7 Å². The maximum absolute atomic E-state index is 11.7. The molecule has 0 bridgehead atoms. The summed E-state index contributed by atoms with van der Waals surface area (Å²) in [5.41, 5.74) is 0. The van der Waals surface area contributed by atoms with Crippen LogP contribution in [-0.4, -0.2) is 23.0 Å². The molecule has 1 rings (SSSR count). The zero-order valence-electron chi connectivity index (χ0n) is 8.27. The summed E-state index contributed by atoms with van der Waals surface area (Å²) in [5.74, 6) is -1.46. The molecular formula is C10H10BrNO3S. The Bertz CT molecular complexity index is 416. The molecule has 0 aliphatic heterocycles. The molecule has 1 heterocycles. The summed E-state index contributed by atoms with van der Waals surface area (Å²) in [6.45, 7) is 3.45. The highest BCUT2D eigenvalue weighted by molar-refractivity contribution is 9.10. The van der Waals surface area contributed by atoms with Gasteiger partial charge in [-0.2, -0.15) is 0 Å². The maximum atomic E-state index is 11.7. The number of hydrogen-bond donors (Lipinski definition) is 2. The molecule has 1 aromatic rings. The van der Waals surface area contributed by atoms with Crippen molar-refractivity contribution in [2.75, 3.05) is 0 Å². The quantitative estimate of drug-likeness (QED) is 0.820. The van der Waals surface area contributed by atoms with Gasteiger partial charge in [-0.05, 0) is 33.8 Å². The number of carbonyl (C=O) groups is 2. The Hall–Kier alpha value is -1.14. The molecule has 1 atom stereocenters. The SMILES string of the molecule is C=CCC(NC(=O)c1sccc1Br)C(=O)O. The Morgan fingerprint density at radius 2 is 2.38 bits per heavy atom. The van der Waals surface area contributed by atoms with Crippen molar-refractivity contribution in [3.8, 4) is 0 Å². The first kappa shape index (κ1) is 12.9.